The van der Waals surface area contributed by atoms with Crippen molar-refractivity contribution in [3.05, 3.63) is 35.6 Å². The molecule has 1 fully saturated rings. The Labute approximate surface area is 163 Å². The number of aliphatic imine (C=N–C) groups is 1. The lowest BCUT2D eigenvalue weighted by Gasteiger charge is -2.33. The number of halogens is 1. The summed E-state index contributed by atoms with van der Waals surface area (Å²) >= 11 is 0. The molecule has 5 nitrogen and oxygen atoms in total. The quantitative estimate of drug-likeness (QED) is 0.539. The fourth-order valence-corrected chi connectivity index (χ4v) is 3.31. The molecule has 0 spiro atoms. The monoisotopic (exact) mass is 378 g/mol. The number of nitrogens with one attached hydrogen (secondary N) is 2. The molecule has 0 atom stereocenters. The van der Waals surface area contributed by atoms with Gasteiger partial charge in [-0.05, 0) is 37.5 Å². The molecule has 1 heterocycles. The average molecular weight is 379 g/mol. The molecule has 1 aliphatic rings. The standard InChI is InChI=1S/C21H35FN4O/c1-5-23-20(25-19-9-11-26(12-10-19)13-14-27-4)24-16-21(2,3)17-7-6-8-18(22)15-17/h6-8,15,19H,5,9-14,16H2,1-4H3,(H2,23,24,25). The molecule has 0 aromatic heterocycles. The van der Waals surface area contributed by atoms with E-state index in [0.717, 1.165) is 57.2 Å². The topological polar surface area (TPSA) is 48.9 Å². The third-order valence-corrected chi connectivity index (χ3v) is 5.12. The largest absolute Gasteiger partial charge is 0.383 e. The normalized spacial score (nSPS) is 17.1. The zero-order valence-corrected chi connectivity index (χ0v) is 17.2. The number of piperidine rings is 1. The molecule has 1 aromatic rings. The summed E-state index contributed by atoms with van der Waals surface area (Å²) in [4.78, 5) is 7.24. The van der Waals surface area contributed by atoms with Crippen LogP contribution in [0.25, 0.3) is 0 Å². The van der Waals surface area contributed by atoms with Crippen LogP contribution in [0.4, 0.5) is 4.39 Å². The van der Waals surface area contributed by atoms with Crippen LogP contribution in [-0.4, -0.2) is 63.3 Å². The summed E-state index contributed by atoms with van der Waals surface area (Å²) in [6, 6.07) is 7.24. The van der Waals surface area contributed by atoms with Crippen molar-refractivity contribution in [2.75, 3.05) is 46.4 Å². The van der Waals surface area contributed by atoms with Gasteiger partial charge in [-0.25, -0.2) is 4.39 Å². The van der Waals surface area contributed by atoms with Crippen LogP contribution >= 0.6 is 0 Å². The summed E-state index contributed by atoms with van der Waals surface area (Å²) in [6.45, 7) is 11.6. The maximum atomic E-state index is 13.6. The van der Waals surface area contributed by atoms with Crippen molar-refractivity contribution in [3.63, 3.8) is 0 Å². The summed E-state index contributed by atoms with van der Waals surface area (Å²) < 4.78 is 18.7. The predicted octanol–water partition coefficient (Wildman–Crippen LogP) is 2.77. The Morgan fingerprint density at radius 1 is 1.33 bits per heavy atom. The summed E-state index contributed by atoms with van der Waals surface area (Å²) in [5, 5.41) is 6.92. The minimum absolute atomic E-state index is 0.199. The predicted molar refractivity (Wildman–Crippen MR) is 110 cm³/mol. The van der Waals surface area contributed by atoms with E-state index >= 15 is 0 Å². The highest BCUT2D eigenvalue weighted by Crippen LogP contribution is 2.24. The van der Waals surface area contributed by atoms with Crippen molar-refractivity contribution in [1.29, 1.82) is 0 Å². The number of methoxy groups -OCH3 is 1. The van der Waals surface area contributed by atoms with E-state index in [0.29, 0.717) is 12.6 Å². The molecule has 1 aliphatic heterocycles. The fraction of sp³-hybridized carbons (Fsp3) is 0.667. The number of likely N-dealkylation sites (tertiary alicyclic amines) is 1. The van der Waals surface area contributed by atoms with Crippen LogP contribution in [0.15, 0.2) is 29.3 Å². The van der Waals surface area contributed by atoms with Crippen LogP contribution < -0.4 is 10.6 Å². The van der Waals surface area contributed by atoms with Crippen LogP contribution in [0.2, 0.25) is 0 Å². The van der Waals surface area contributed by atoms with Crippen molar-refractivity contribution in [2.24, 2.45) is 4.99 Å². The smallest absolute Gasteiger partial charge is 0.191 e. The lowest BCUT2D eigenvalue weighted by Crippen LogP contribution is -2.49. The van der Waals surface area contributed by atoms with E-state index in [1.54, 1.807) is 19.2 Å². The van der Waals surface area contributed by atoms with Gasteiger partial charge in [0.2, 0.25) is 0 Å². The van der Waals surface area contributed by atoms with E-state index in [-0.39, 0.29) is 11.2 Å². The fourth-order valence-electron chi connectivity index (χ4n) is 3.31. The van der Waals surface area contributed by atoms with Crippen molar-refractivity contribution < 1.29 is 9.13 Å². The van der Waals surface area contributed by atoms with Crippen LogP contribution in [0, 0.1) is 5.82 Å². The van der Waals surface area contributed by atoms with Gasteiger partial charge in [0.25, 0.3) is 0 Å². The number of nitrogens with zero attached hydrogens (tertiary/aromatic N) is 2. The molecule has 152 valence electrons. The van der Waals surface area contributed by atoms with Crippen molar-refractivity contribution in [1.82, 2.24) is 15.5 Å². The zero-order valence-electron chi connectivity index (χ0n) is 17.2. The van der Waals surface area contributed by atoms with Gasteiger partial charge < -0.3 is 20.3 Å². The molecule has 2 rings (SSSR count). The molecule has 0 unspecified atom stereocenters. The van der Waals surface area contributed by atoms with Gasteiger partial charge in [0.15, 0.2) is 5.96 Å². The number of guanidine groups is 1. The maximum Gasteiger partial charge on any atom is 0.191 e. The average Bonchev–Trinajstić information content (AvgIpc) is 2.66. The highest BCUT2D eigenvalue weighted by Gasteiger charge is 2.22. The molecule has 27 heavy (non-hydrogen) atoms. The second kappa shape index (κ2) is 10.6. The molecular formula is C21H35FN4O. The molecule has 1 saturated heterocycles. The molecule has 0 aliphatic carbocycles. The first kappa shape index (κ1) is 21.6. The Hall–Kier alpha value is -1.66. The van der Waals surface area contributed by atoms with E-state index < -0.39 is 0 Å². The summed E-state index contributed by atoms with van der Waals surface area (Å²) in [5.41, 5.74) is 0.738. The molecule has 0 radical (unpaired) electrons. The van der Waals surface area contributed by atoms with Crippen molar-refractivity contribution >= 4 is 5.96 Å². The molecule has 6 heteroatoms. The minimum Gasteiger partial charge on any atom is -0.383 e. The zero-order chi connectivity index (χ0) is 19.7. The number of benzene rings is 1. The van der Waals surface area contributed by atoms with E-state index in [1.807, 2.05) is 6.07 Å². The second-order valence-electron chi connectivity index (χ2n) is 7.84. The van der Waals surface area contributed by atoms with Gasteiger partial charge in [-0.15, -0.1) is 0 Å². The lowest BCUT2D eigenvalue weighted by molar-refractivity contribution is 0.128. The third kappa shape index (κ3) is 7.11. The van der Waals surface area contributed by atoms with Gasteiger partial charge >= 0.3 is 0 Å². The SMILES string of the molecule is CCNC(=NCC(C)(C)c1cccc(F)c1)NC1CCN(CCOC)CC1. The van der Waals surface area contributed by atoms with E-state index in [2.05, 4.69) is 36.3 Å². The third-order valence-electron chi connectivity index (χ3n) is 5.12. The van der Waals surface area contributed by atoms with Crippen LogP contribution in [0.3, 0.4) is 0 Å². The highest BCUT2D eigenvalue weighted by atomic mass is 19.1. The molecule has 0 amide bonds. The summed E-state index contributed by atoms with van der Waals surface area (Å²) in [5.74, 6) is 0.645. The lowest BCUT2D eigenvalue weighted by atomic mass is 9.85. The molecule has 0 saturated carbocycles. The Morgan fingerprint density at radius 3 is 2.70 bits per heavy atom. The number of ether oxygens (including phenoxy) is 1. The molecule has 0 bridgehead atoms. The first-order valence-electron chi connectivity index (χ1n) is 9.97. The highest BCUT2D eigenvalue weighted by molar-refractivity contribution is 5.80. The summed E-state index contributed by atoms with van der Waals surface area (Å²) in [7, 11) is 1.75. The second-order valence-corrected chi connectivity index (χ2v) is 7.84. The van der Waals surface area contributed by atoms with Crippen LogP contribution in [0.5, 0.6) is 0 Å². The van der Waals surface area contributed by atoms with E-state index in [4.69, 9.17) is 9.73 Å². The number of hydrogen-bond donors (Lipinski definition) is 2. The maximum absolute atomic E-state index is 13.6. The van der Waals surface area contributed by atoms with Crippen molar-refractivity contribution in [3.8, 4) is 0 Å². The summed E-state index contributed by atoms with van der Waals surface area (Å²) in [6.07, 6.45) is 2.20. The number of hydrogen-bond acceptors (Lipinski definition) is 3. The van der Waals surface area contributed by atoms with Gasteiger partial charge in [-0.1, -0.05) is 26.0 Å². The van der Waals surface area contributed by atoms with E-state index in [1.165, 1.54) is 6.07 Å². The molecule has 1 aromatic carbocycles. The Balaban J connectivity index is 1.92. The number of rotatable bonds is 8. The van der Waals surface area contributed by atoms with Gasteiger partial charge in [0, 0.05) is 44.7 Å². The first-order valence-corrected chi connectivity index (χ1v) is 9.97. The Kier molecular flexibility index (Phi) is 8.51. The van der Waals surface area contributed by atoms with Gasteiger partial charge in [0.1, 0.15) is 5.82 Å². The van der Waals surface area contributed by atoms with Gasteiger partial charge in [0.05, 0.1) is 13.2 Å². The van der Waals surface area contributed by atoms with Gasteiger partial charge in [-0.3, -0.25) is 4.99 Å². The Bertz CT molecular complexity index is 598. The van der Waals surface area contributed by atoms with Gasteiger partial charge in [-0.2, -0.15) is 0 Å². The van der Waals surface area contributed by atoms with Crippen molar-refractivity contribution in [2.45, 2.75) is 45.1 Å². The van der Waals surface area contributed by atoms with Crippen LogP contribution in [0.1, 0.15) is 39.2 Å². The minimum atomic E-state index is -0.228. The molecular weight excluding hydrogens is 343 g/mol. The molecule has 2 N–H and O–H groups in total. The first-order chi connectivity index (χ1) is 12.9. The Morgan fingerprint density at radius 2 is 2.07 bits per heavy atom. The van der Waals surface area contributed by atoms with E-state index in [9.17, 15) is 4.39 Å². The van der Waals surface area contributed by atoms with Crippen LogP contribution in [-0.2, 0) is 10.2 Å².